The number of aliphatic hydroxyl groups is 2. The third-order valence-corrected chi connectivity index (χ3v) is 6.88. The van der Waals surface area contributed by atoms with Crippen molar-refractivity contribution in [3.63, 3.8) is 0 Å². The van der Waals surface area contributed by atoms with Crippen LogP contribution in [0.4, 0.5) is 0 Å². The van der Waals surface area contributed by atoms with Crippen LogP contribution >= 0.6 is 0 Å². The average Bonchev–Trinajstić information content (AvgIpc) is 2.87. The zero-order valence-electron chi connectivity index (χ0n) is 29.6. The summed E-state index contributed by atoms with van der Waals surface area (Å²) >= 11 is 0. The highest BCUT2D eigenvalue weighted by Gasteiger charge is 2.32. The second kappa shape index (κ2) is 20.9. The van der Waals surface area contributed by atoms with Crippen molar-refractivity contribution in [2.75, 3.05) is 6.61 Å². The highest BCUT2D eigenvalue weighted by molar-refractivity contribution is 5.87. The van der Waals surface area contributed by atoms with E-state index in [1.54, 1.807) is 13.8 Å². The molecule has 2 N–H and O–H groups in total. The lowest BCUT2D eigenvalue weighted by molar-refractivity contribution is -0.135. The Morgan fingerprint density at radius 2 is 1.14 bits per heavy atom. The Bertz CT molecular complexity index is 860. The first kappa shape index (κ1) is 44.5. The number of carbonyl (C=O) groups is 4. The average molecular weight is 595 g/mol. The van der Waals surface area contributed by atoms with Gasteiger partial charge in [0.1, 0.15) is 23.5 Å². The predicted octanol–water partition coefficient (Wildman–Crippen LogP) is 8.27. The highest BCUT2D eigenvalue weighted by Crippen LogP contribution is 2.26. The summed E-state index contributed by atoms with van der Waals surface area (Å²) in [5.41, 5.74) is -1.59. The smallest absolute Gasteiger partial charge is 0.161 e. The fourth-order valence-corrected chi connectivity index (χ4v) is 3.55. The van der Waals surface area contributed by atoms with Crippen LogP contribution in [0.2, 0.25) is 0 Å². The van der Waals surface area contributed by atoms with E-state index in [9.17, 15) is 24.3 Å². The van der Waals surface area contributed by atoms with Crippen LogP contribution < -0.4 is 0 Å². The molecule has 42 heavy (non-hydrogen) atoms. The van der Waals surface area contributed by atoms with Crippen LogP contribution in [0.25, 0.3) is 0 Å². The van der Waals surface area contributed by atoms with Crippen molar-refractivity contribution in [3.05, 3.63) is 24.3 Å². The van der Waals surface area contributed by atoms with Crippen molar-refractivity contribution in [3.8, 4) is 0 Å². The second-order valence-electron chi connectivity index (χ2n) is 14.8. The topological polar surface area (TPSA) is 109 Å². The van der Waals surface area contributed by atoms with Crippen molar-refractivity contribution < 1.29 is 29.4 Å². The zero-order chi connectivity index (χ0) is 33.9. The summed E-state index contributed by atoms with van der Waals surface area (Å²) < 4.78 is 0. The van der Waals surface area contributed by atoms with Gasteiger partial charge in [0.2, 0.25) is 0 Å². The van der Waals surface area contributed by atoms with E-state index in [4.69, 9.17) is 5.11 Å². The van der Waals surface area contributed by atoms with Crippen molar-refractivity contribution in [1.29, 1.82) is 0 Å². The molecule has 6 nitrogen and oxygen atoms in total. The molecule has 0 saturated carbocycles. The molecule has 6 heteroatoms. The largest absolute Gasteiger partial charge is 0.396 e. The molecule has 0 fully saturated rings. The first-order chi connectivity index (χ1) is 18.9. The lowest BCUT2D eigenvalue weighted by atomic mass is 9.79. The van der Waals surface area contributed by atoms with Crippen molar-refractivity contribution >= 4 is 23.1 Å². The fourth-order valence-electron chi connectivity index (χ4n) is 3.55. The van der Waals surface area contributed by atoms with Crippen LogP contribution in [0.5, 0.6) is 0 Å². The van der Waals surface area contributed by atoms with Gasteiger partial charge in [-0.2, -0.15) is 0 Å². The van der Waals surface area contributed by atoms with Crippen LogP contribution in [0.15, 0.2) is 24.3 Å². The Balaban J connectivity index is -0.000000563. The Labute approximate surface area is 258 Å². The molecule has 0 radical (unpaired) electrons. The highest BCUT2D eigenvalue weighted by atomic mass is 16.3. The van der Waals surface area contributed by atoms with E-state index in [0.29, 0.717) is 30.8 Å². The van der Waals surface area contributed by atoms with E-state index < -0.39 is 11.5 Å². The predicted molar refractivity (Wildman–Crippen MR) is 176 cm³/mol. The summed E-state index contributed by atoms with van der Waals surface area (Å²) in [5, 5.41) is 18.8. The van der Waals surface area contributed by atoms with Gasteiger partial charge >= 0.3 is 0 Å². The number of hydrogen-bond donors (Lipinski definition) is 2. The van der Waals surface area contributed by atoms with Gasteiger partial charge in [-0.15, -0.1) is 0 Å². The SMILES string of the molecule is CC(C)(C)C(=O)CCCC(=O)[C@H](O)C(C)(C)CO.CC/C=C\CC(=O)C(C)(C)C.CC/C=C\CC(C)(C)C(=O)C(C)C. The molecule has 0 amide bonds. The van der Waals surface area contributed by atoms with Gasteiger partial charge in [-0.25, -0.2) is 0 Å². The summed E-state index contributed by atoms with van der Waals surface area (Å²) in [5.74, 6) is 0.613. The summed E-state index contributed by atoms with van der Waals surface area (Å²) in [6, 6.07) is 0. The molecule has 0 aliphatic rings. The van der Waals surface area contributed by atoms with Gasteiger partial charge in [0.15, 0.2) is 5.78 Å². The Morgan fingerprint density at radius 1 is 0.690 bits per heavy atom. The van der Waals surface area contributed by atoms with Gasteiger partial charge in [0.25, 0.3) is 0 Å². The van der Waals surface area contributed by atoms with Crippen LogP contribution in [-0.2, 0) is 19.2 Å². The number of aliphatic hydroxyl groups excluding tert-OH is 2. The minimum absolute atomic E-state index is 0.117. The van der Waals surface area contributed by atoms with Crippen LogP contribution in [0.3, 0.4) is 0 Å². The molecule has 0 spiro atoms. The molecule has 0 rings (SSSR count). The van der Waals surface area contributed by atoms with Gasteiger partial charge in [0.05, 0.1) is 6.61 Å². The van der Waals surface area contributed by atoms with Crippen LogP contribution in [0, 0.1) is 27.6 Å². The molecule has 0 bridgehead atoms. The maximum atomic E-state index is 11.7. The second-order valence-corrected chi connectivity index (χ2v) is 14.8. The maximum Gasteiger partial charge on any atom is 0.161 e. The standard InChI is InChI=1S/C14H26O4.C12H22O.C10H18O/c1-13(2,3)11(17)8-6-7-10(16)12(18)14(4,5)9-15;1-6-7-8-9-12(4,5)11(13)10(2)3;1-5-6-7-8-9(11)10(2,3)4/h12,15,18H,6-9H2,1-5H3;7-8,10H,6,9H2,1-5H3;6-7H,5,8H2,1-4H3/b;8-7-;7-6-/t12-;;/m0../s1. The van der Waals surface area contributed by atoms with E-state index in [-0.39, 0.29) is 46.8 Å². The first-order valence-electron chi connectivity index (χ1n) is 15.6. The lowest BCUT2D eigenvalue weighted by Gasteiger charge is -2.27. The van der Waals surface area contributed by atoms with Crippen LogP contribution in [-0.4, -0.2) is 46.1 Å². The number of carbonyl (C=O) groups excluding carboxylic acids is 4. The molecular weight excluding hydrogens is 528 g/mol. The Kier molecular flexibility index (Phi) is 22.1. The molecule has 0 aliphatic heterocycles. The van der Waals surface area contributed by atoms with E-state index in [1.165, 1.54) is 0 Å². The normalized spacial score (nSPS) is 13.4. The molecule has 0 heterocycles. The molecule has 246 valence electrons. The van der Waals surface area contributed by atoms with Gasteiger partial charge in [-0.1, -0.05) is 121 Å². The van der Waals surface area contributed by atoms with Crippen LogP contribution in [0.1, 0.15) is 142 Å². The summed E-state index contributed by atoms with van der Waals surface area (Å²) in [6.45, 7) is 26.6. The summed E-state index contributed by atoms with van der Waals surface area (Å²) in [4.78, 5) is 46.4. The molecule has 1 atom stereocenters. The fraction of sp³-hybridized carbons (Fsp3) is 0.778. The quantitative estimate of drug-likeness (QED) is 0.185. The van der Waals surface area contributed by atoms with Crippen molar-refractivity contribution in [2.45, 2.75) is 148 Å². The Hall–Kier alpha value is -1.92. The minimum Gasteiger partial charge on any atom is -0.396 e. The number of rotatable bonds is 15. The third-order valence-electron chi connectivity index (χ3n) is 6.88. The maximum absolute atomic E-state index is 11.7. The summed E-state index contributed by atoms with van der Waals surface area (Å²) in [6.07, 6.45) is 11.5. The summed E-state index contributed by atoms with van der Waals surface area (Å²) in [7, 11) is 0. The monoisotopic (exact) mass is 594 g/mol. The van der Waals surface area contributed by atoms with E-state index in [2.05, 4.69) is 26.0 Å². The van der Waals surface area contributed by atoms with E-state index in [0.717, 1.165) is 19.3 Å². The molecule has 0 aromatic rings. The first-order valence-corrected chi connectivity index (χ1v) is 15.6. The van der Waals surface area contributed by atoms with Gasteiger partial charge in [0, 0.05) is 46.8 Å². The molecule has 0 saturated heterocycles. The number of hydrogen-bond acceptors (Lipinski definition) is 6. The zero-order valence-corrected chi connectivity index (χ0v) is 29.6. The minimum atomic E-state index is -1.17. The van der Waals surface area contributed by atoms with Gasteiger partial charge < -0.3 is 10.2 Å². The lowest BCUT2D eigenvalue weighted by Crippen LogP contribution is -2.39. The van der Waals surface area contributed by atoms with E-state index in [1.807, 2.05) is 81.4 Å². The molecule has 0 aromatic carbocycles. The molecular formula is C36H66O6. The number of Topliss-reactive ketones (excluding diaryl/α,β-unsaturated/α-hetero) is 4. The van der Waals surface area contributed by atoms with Gasteiger partial charge in [-0.3, -0.25) is 19.2 Å². The van der Waals surface area contributed by atoms with Crippen molar-refractivity contribution in [1.82, 2.24) is 0 Å². The molecule has 0 unspecified atom stereocenters. The van der Waals surface area contributed by atoms with Gasteiger partial charge in [-0.05, 0) is 25.7 Å². The Morgan fingerprint density at radius 3 is 1.52 bits per heavy atom. The van der Waals surface area contributed by atoms with E-state index >= 15 is 0 Å². The number of allylic oxidation sites excluding steroid dienone is 4. The number of ketones is 4. The molecule has 0 aromatic heterocycles. The van der Waals surface area contributed by atoms with Crippen molar-refractivity contribution in [2.24, 2.45) is 27.6 Å². The third kappa shape index (κ3) is 20.9. The molecule has 0 aliphatic carbocycles.